The summed E-state index contributed by atoms with van der Waals surface area (Å²) in [4.78, 5) is 10.2. The van der Waals surface area contributed by atoms with Crippen LogP contribution in [-0.2, 0) is 4.79 Å². The van der Waals surface area contributed by atoms with Gasteiger partial charge in [0, 0.05) is 0 Å². The Morgan fingerprint density at radius 3 is 2.27 bits per heavy atom. The van der Waals surface area contributed by atoms with Crippen LogP contribution in [0.2, 0.25) is 0 Å². The van der Waals surface area contributed by atoms with Gasteiger partial charge in [-0.3, -0.25) is 0 Å². The van der Waals surface area contributed by atoms with Gasteiger partial charge in [-0.15, -0.1) is 0 Å². The lowest BCUT2D eigenvalue weighted by molar-refractivity contribution is -0.149. The molecule has 0 aliphatic carbocycles. The van der Waals surface area contributed by atoms with Gasteiger partial charge in [0.25, 0.3) is 6.43 Å². The fourth-order valence-corrected chi connectivity index (χ4v) is 0.864. The van der Waals surface area contributed by atoms with E-state index in [4.69, 9.17) is 10.8 Å². The van der Waals surface area contributed by atoms with Crippen LogP contribution in [0.3, 0.4) is 0 Å². The Labute approximate surface area is 68.0 Å². The largest absolute Gasteiger partial charge is 0.480 e. The lowest BCUT2D eigenvalue weighted by Gasteiger charge is -2.22. The van der Waals surface area contributed by atoms with E-state index in [0.717, 1.165) is 0 Å². The molecule has 0 aliphatic heterocycles. The van der Waals surface area contributed by atoms with Crippen molar-refractivity contribution >= 4 is 18.6 Å². The third-order valence-electron chi connectivity index (χ3n) is 1.31. The molecular weight excluding hydrogens is 176 g/mol. The highest BCUT2D eigenvalue weighted by atomic mass is 32.1. The van der Waals surface area contributed by atoms with Crippen molar-refractivity contribution in [2.45, 2.75) is 18.4 Å². The predicted octanol–water partition coefficient (Wildman–Crippen LogP) is 0.353. The van der Waals surface area contributed by atoms with E-state index in [-0.39, 0.29) is 12.2 Å². The van der Waals surface area contributed by atoms with Crippen LogP contribution in [-0.4, -0.2) is 28.8 Å². The van der Waals surface area contributed by atoms with Gasteiger partial charge >= 0.3 is 5.97 Å². The number of aliphatic carboxylic acids is 1. The topological polar surface area (TPSA) is 63.3 Å². The van der Waals surface area contributed by atoms with Crippen LogP contribution in [0.5, 0.6) is 0 Å². The second-order valence-corrected chi connectivity index (χ2v) is 2.57. The number of hydrogen-bond donors (Lipinski definition) is 3. The number of carboxylic acids is 1. The van der Waals surface area contributed by atoms with Gasteiger partial charge in [-0.1, -0.05) is 0 Å². The molecule has 0 heterocycles. The zero-order valence-electron chi connectivity index (χ0n) is 5.63. The minimum Gasteiger partial charge on any atom is -0.480 e. The summed E-state index contributed by atoms with van der Waals surface area (Å²) in [6.45, 7) is 0. The maximum Gasteiger partial charge on any atom is 0.329 e. The SMILES string of the molecule is N[C@](CCS)(C(=O)O)C(F)F. The minimum absolute atomic E-state index is 0.0210. The average Bonchev–Trinajstić information content (AvgIpc) is 1.87. The van der Waals surface area contributed by atoms with Crippen LogP contribution in [0.25, 0.3) is 0 Å². The number of thiol groups is 1. The van der Waals surface area contributed by atoms with Crippen molar-refractivity contribution in [2.75, 3.05) is 5.75 Å². The van der Waals surface area contributed by atoms with E-state index < -0.39 is 17.9 Å². The summed E-state index contributed by atoms with van der Waals surface area (Å²) in [6.07, 6.45) is -3.41. The summed E-state index contributed by atoms with van der Waals surface area (Å²) in [5, 5.41) is 8.30. The molecule has 0 radical (unpaired) electrons. The Morgan fingerprint density at radius 2 is 2.18 bits per heavy atom. The second kappa shape index (κ2) is 3.87. The molecule has 0 unspecified atom stereocenters. The quantitative estimate of drug-likeness (QED) is 0.554. The second-order valence-electron chi connectivity index (χ2n) is 2.12. The van der Waals surface area contributed by atoms with Crippen molar-refractivity contribution in [3.8, 4) is 0 Å². The number of carboxylic acid groups (broad SMARTS) is 1. The van der Waals surface area contributed by atoms with Crippen molar-refractivity contribution in [1.29, 1.82) is 0 Å². The maximum absolute atomic E-state index is 12.0. The van der Waals surface area contributed by atoms with E-state index in [0.29, 0.717) is 0 Å². The molecule has 0 saturated heterocycles. The Balaban J connectivity index is 4.38. The molecule has 0 saturated carbocycles. The van der Waals surface area contributed by atoms with Crippen LogP contribution in [0.1, 0.15) is 6.42 Å². The summed E-state index contributed by atoms with van der Waals surface area (Å²) >= 11 is 3.63. The molecule has 0 aromatic heterocycles. The molecule has 66 valence electrons. The van der Waals surface area contributed by atoms with E-state index in [2.05, 4.69) is 12.6 Å². The van der Waals surface area contributed by atoms with Gasteiger partial charge in [-0.25, -0.2) is 13.6 Å². The van der Waals surface area contributed by atoms with Crippen LogP contribution in [0.15, 0.2) is 0 Å². The first-order chi connectivity index (χ1) is 4.95. The molecule has 3 N–H and O–H groups in total. The van der Waals surface area contributed by atoms with E-state index in [1.54, 1.807) is 0 Å². The van der Waals surface area contributed by atoms with Gasteiger partial charge in [-0.05, 0) is 12.2 Å². The number of nitrogens with two attached hydrogens (primary N) is 1. The number of halogens is 2. The number of hydrogen-bond acceptors (Lipinski definition) is 3. The molecule has 1 atom stereocenters. The lowest BCUT2D eigenvalue weighted by Crippen LogP contribution is -2.54. The van der Waals surface area contributed by atoms with Crippen LogP contribution < -0.4 is 5.73 Å². The molecule has 3 nitrogen and oxygen atoms in total. The summed E-state index contributed by atoms with van der Waals surface area (Å²) in [5.74, 6) is -1.67. The van der Waals surface area contributed by atoms with E-state index in [9.17, 15) is 13.6 Å². The first kappa shape index (κ1) is 10.6. The zero-order valence-corrected chi connectivity index (χ0v) is 6.52. The monoisotopic (exact) mass is 185 g/mol. The van der Waals surface area contributed by atoms with Crippen molar-refractivity contribution in [3.63, 3.8) is 0 Å². The third kappa shape index (κ3) is 2.30. The summed E-state index contributed by atoms with van der Waals surface area (Å²) in [7, 11) is 0. The molecule has 6 heteroatoms. The van der Waals surface area contributed by atoms with E-state index >= 15 is 0 Å². The highest BCUT2D eigenvalue weighted by Gasteiger charge is 2.42. The van der Waals surface area contributed by atoms with Gasteiger partial charge in [0.05, 0.1) is 0 Å². The van der Waals surface area contributed by atoms with Gasteiger partial charge in [-0.2, -0.15) is 12.6 Å². The average molecular weight is 185 g/mol. The van der Waals surface area contributed by atoms with Crippen LogP contribution in [0.4, 0.5) is 8.78 Å². The first-order valence-corrected chi connectivity index (χ1v) is 3.49. The van der Waals surface area contributed by atoms with Crippen molar-refractivity contribution in [3.05, 3.63) is 0 Å². The van der Waals surface area contributed by atoms with E-state index in [1.807, 2.05) is 0 Å². The smallest absolute Gasteiger partial charge is 0.329 e. The van der Waals surface area contributed by atoms with Crippen molar-refractivity contribution in [2.24, 2.45) is 5.73 Å². The normalized spacial score (nSPS) is 16.5. The third-order valence-corrected chi connectivity index (χ3v) is 1.54. The van der Waals surface area contributed by atoms with Gasteiger partial charge in [0.15, 0.2) is 5.54 Å². The van der Waals surface area contributed by atoms with Gasteiger partial charge in [0.1, 0.15) is 0 Å². The Bertz CT molecular complexity index is 155. The minimum atomic E-state index is -3.06. The van der Waals surface area contributed by atoms with E-state index in [1.165, 1.54) is 0 Å². The summed E-state index contributed by atoms with van der Waals surface area (Å²) < 4.78 is 24.0. The zero-order chi connectivity index (χ0) is 9.07. The molecule has 0 bridgehead atoms. The molecule has 0 spiro atoms. The number of alkyl halides is 2. The Kier molecular flexibility index (Phi) is 3.74. The molecular formula is C5H9F2NO2S. The standard InChI is InChI=1S/C5H9F2NO2S/c6-3(7)5(8,1-2-11)4(9)10/h3,11H,1-2,8H2,(H,9,10)/t5-/m0/s1. The molecule has 0 fully saturated rings. The summed E-state index contributed by atoms with van der Waals surface area (Å²) in [6, 6.07) is 0. The fraction of sp³-hybridized carbons (Fsp3) is 0.800. The first-order valence-electron chi connectivity index (χ1n) is 2.86. The number of rotatable bonds is 4. The molecule has 11 heavy (non-hydrogen) atoms. The molecule has 0 amide bonds. The lowest BCUT2D eigenvalue weighted by atomic mass is 9.99. The number of carbonyl (C=O) groups is 1. The van der Waals surface area contributed by atoms with Crippen molar-refractivity contribution in [1.82, 2.24) is 0 Å². The Hall–Kier alpha value is -0.360. The maximum atomic E-state index is 12.0. The summed E-state index contributed by atoms with van der Waals surface area (Å²) in [5.41, 5.74) is 2.45. The highest BCUT2D eigenvalue weighted by molar-refractivity contribution is 7.80. The van der Waals surface area contributed by atoms with Crippen molar-refractivity contribution < 1.29 is 18.7 Å². The molecule has 0 aromatic carbocycles. The Morgan fingerprint density at radius 1 is 1.73 bits per heavy atom. The van der Waals surface area contributed by atoms with Crippen LogP contribution in [0, 0.1) is 0 Å². The van der Waals surface area contributed by atoms with Gasteiger partial charge in [0.2, 0.25) is 0 Å². The molecule has 0 rings (SSSR count). The highest BCUT2D eigenvalue weighted by Crippen LogP contribution is 2.17. The molecule has 0 aliphatic rings. The molecule has 0 aromatic rings. The fourth-order valence-electron chi connectivity index (χ4n) is 0.494. The van der Waals surface area contributed by atoms with Crippen LogP contribution >= 0.6 is 12.6 Å². The van der Waals surface area contributed by atoms with Gasteiger partial charge < -0.3 is 10.8 Å². The predicted molar refractivity (Wildman–Crippen MR) is 39.0 cm³/mol.